The van der Waals surface area contributed by atoms with Gasteiger partial charge in [0.05, 0.1) is 5.92 Å². The highest BCUT2D eigenvalue weighted by molar-refractivity contribution is 7.99. The summed E-state index contributed by atoms with van der Waals surface area (Å²) in [6.45, 7) is 0.236. The second-order valence-electron chi connectivity index (χ2n) is 5.66. The monoisotopic (exact) mass is 355 g/mol. The lowest BCUT2D eigenvalue weighted by atomic mass is 10.1. The van der Waals surface area contributed by atoms with E-state index in [0.29, 0.717) is 16.5 Å². The van der Waals surface area contributed by atoms with E-state index in [1.165, 1.54) is 28.6 Å². The first kappa shape index (κ1) is 15.6. The van der Waals surface area contributed by atoms with Gasteiger partial charge >= 0.3 is 5.63 Å². The van der Waals surface area contributed by atoms with Crippen LogP contribution in [0.1, 0.15) is 0 Å². The standard InChI is InChI=1S/C17H13N3O4S/c21-14-5-6-18-17-20(14)8-11(9-25-17)15(22)19-12-7-10-3-1-2-4-13(10)24-16(12)23/h1-7,11H,8-9H2,(H,19,22). The summed E-state index contributed by atoms with van der Waals surface area (Å²) < 4.78 is 6.69. The number of carbonyl (C=O) groups is 1. The van der Waals surface area contributed by atoms with Crippen LogP contribution in [0.4, 0.5) is 5.69 Å². The average molecular weight is 355 g/mol. The summed E-state index contributed by atoms with van der Waals surface area (Å²) in [4.78, 5) is 40.6. The molecule has 2 aromatic heterocycles. The molecule has 0 aliphatic carbocycles. The Kier molecular flexibility index (Phi) is 3.89. The van der Waals surface area contributed by atoms with Gasteiger partial charge in [0.25, 0.3) is 5.56 Å². The summed E-state index contributed by atoms with van der Waals surface area (Å²) in [5, 5.41) is 3.95. The first-order valence-corrected chi connectivity index (χ1v) is 8.63. The Balaban J connectivity index is 1.59. The van der Waals surface area contributed by atoms with Gasteiger partial charge < -0.3 is 9.73 Å². The van der Waals surface area contributed by atoms with Crippen molar-refractivity contribution in [3.8, 4) is 0 Å². The normalized spacial score (nSPS) is 16.4. The summed E-state index contributed by atoms with van der Waals surface area (Å²) in [5.74, 6) is -0.275. The number of aromatic nitrogens is 2. The minimum Gasteiger partial charge on any atom is -0.421 e. The van der Waals surface area contributed by atoms with Crippen LogP contribution in [0.5, 0.6) is 0 Å². The highest BCUT2D eigenvalue weighted by Crippen LogP contribution is 2.25. The predicted octanol–water partition coefficient (Wildman–Crippen LogP) is 1.71. The summed E-state index contributed by atoms with van der Waals surface area (Å²) in [6, 6.07) is 10.0. The number of para-hydroxylation sites is 1. The number of carbonyl (C=O) groups excluding carboxylic acids is 1. The number of fused-ring (bicyclic) bond motifs is 2. The predicted molar refractivity (Wildman–Crippen MR) is 93.8 cm³/mol. The summed E-state index contributed by atoms with van der Waals surface area (Å²) >= 11 is 1.35. The molecular formula is C17H13N3O4S. The highest BCUT2D eigenvalue weighted by Gasteiger charge is 2.27. The van der Waals surface area contributed by atoms with Crippen LogP contribution in [-0.4, -0.2) is 21.2 Å². The maximum Gasteiger partial charge on any atom is 0.360 e. The number of benzene rings is 1. The van der Waals surface area contributed by atoms with Gasteiger partial charge in [0.1, 0.15) is 11.3 Å². The first-order valence-electron chi connectivity index (χ1n) is 7.64. The zero-order valence-electron chi connectivity index (χ0n) is 13.0. The molecule has 4 rings (SSSR count). The van der Waals surface area contributed by atoms with E-state index in [1.807, 2.05) is 6.07 Å². The summed E-state index contributed by atoms with van der Waals surface area (Å²) in [5.41, 5.74) is -0.238. The number of nitrogens with zero attached hydrogens (tertiary/aromatic N) is 2. The van der Waals surface area contributed by atoms with E-state index >= 15 is 0 Å². The molecule has 0 saturated carbocycles. The van der Waals surface area contributed by atoms with Crippen LogP contribution in [-0.2, 0) is 11.3 Å². The lowest BCUT2D eigenvalue weighted by Crippen LogP contribution is -2.37. The van der Waals surface area contributed by atoms with E-state index < -0.39 is 11.5 Å². The second-order valence-corrected chi connectivity index (χ2v) is 6.65. The molecule has 7 nitrogen and oxygen atoms in total. The SMILES string of the molecule is O=C(Nc1cc2ccccc2oc1=O)C1CSc2nccc(=O)n2C1. The Labute approximate surface area is 145 Å². The molecule has 1 atom stereocenters. The van der Waals surface area contributed by atoms with Crippen LogP contribution in [0.15, 0.2) is 61.8 Å². The molecule has 1 aliphatic rings. The van der Waals surface area contributed by atoms with Gasteiger partial charge in [-0.3, -0.25) is 14.2 Å². The first-order chi connectivity index (χ1) is 12.1. The van der Waals surface area contributed by atoms with Crippen molar-refractivity contribution < 1.29 is 9.21 Å². The molecule has 3 aromatic rings. The fraction of sp³-hybridized carbons (Fsp3) is 0.176. The Hall–Kier alpha value is -2.87. The minimum atomic E-state index is -0.602. The molecular weight excluding hydrogens is 342 g/mol. The molecule has 1 unspecified atom stereocenters. The third-order valence-corrected chi connectivity index (χ3v) is 5.14. The van der Waals surface area contributed by atoms with Crippen molar-refractivity contribution in [1.29, 1.82) is 0 Å². The fourth-order valence-corrected chi connectivity index (χ4v) is 3.76. The molecule has 1 amide bonds. The average Bonchev–Trinajstić information content (AvgIpc) is 2.62. The molecule has 1 aliphatic heterocycles. The number of hydrogen-bond acceptors (Lipinski definition) is 6. The van der Waals surface area contributed by atoms with Crippen molar-refractivity contribution in [2.75, 3.05) is 11.1 Å². The third kappa shape index (κ3) is 2.96. The van der Waals surface area contributed by atoms with Gasteiger partial charge in [-0.15, -0.1) is 0 Å². The molecule has 0 saturated heterocycles. The van der Waals surface area contributed by atoms with Crippen molar-refractivity contribution >= 4 is 34.3 Å². The van der Waals surface area contributed by atoms with Gasteiger partial charge in [-0.2, -0.15) is 0 Å². The lowest BCUT2D eigenvalue weighted by molar-refractivity contribution is -0.119. The molecule has 0 bridgehead atoms. The van der Waals surface area contributed by atoms with Gasteiger partial charge in [0, 0.05) is 29.9 Å². The van der Waals surface area contributed by atoms with Crippen LogP contribution in [0.3, 0.4) is 0 Å². The van der Waals surface area contributed by atoms with Crippen LogP contribution in [0, 0.1) is 5.92 Å². The fourth-order valence-electron chi connectivity index (χ4n) is 2.69. The van der Waals surface area contributed by atoms with Crippen molar-refractivity contribution in [3.63, 3.8) is 0 Å². The molecule has 25 heavy (non-hydrogen) atoms. The number of rotatable bonds is 2. The molecule has 1 N–H and O–H groups in total. The molecule has 126 valence electrons. The zero-order valence-corrected chi connectivity index (χ0v) is 13.8. The largest absolute Gasteiger partial charge is 0.421 e. The van der Waals surface area contributed by atoms with Crippen molar-refractivity contribution in [3.05, 3.63) is 63.4 Å². The van der Waals surface area contributed by atoms with Crippen molar-refractivity contribution in [1.82, 2.24) is 9.55 Å². The highest BCUT2D eigenvalue weighted by atomic mass is 32.2. The van der Waals surface area contributed by atoms with E-state index in [1.54, 1.807) is 24.3 Å². The number of anilines is 1. The Bertz CT molecular complexity index is 1090. The Morgan fingerprint density at radius 1 is 1.28 bits per heavy atom. The summed E-state index contributed by atoms with van der Waals surface area (Å²) in [7, 11) is 0. The quantitative estimate of drug-likeness (QED) is 0.555. The van der Waals surface area contributed by atoms with Gasteiger partial charge in [-0.05, 0) is 12.1 Å². The molecule has 1 aromatic carbocycles. The molecule has 3 heterocycles. The van der Waals surface area contributed by atoms with Gasteiger partial charge in [0.2, 0.25) is 5.91 Å². The van der Waals surface area contributed by atoms with Crippen molar-refractivity contribution in [2.45, 2.75) is 11.7 Å². The smallest absolute Gasteiger partial charge is 0.360 e. The van der Waals surface area contributed by atoms with E-state index in [4.69, 9.17) is 4.42 Å². The molecule has 8 heteroatoms. The second kappa shape index (κ2) is 6.21. The van der Waals surface area contributed by atoms with E-state index in [0.717, 1.165) is 5.39 Å². The van der Waals surface area contributed by atoms with Crippen LogP contribution in [0.25, 0.3) is 11.0 Å². The van der Waals surface area contributed by atoms with Crippen LogP contribution in [0.2, 0.25) is 0 Å². The van der Waals surface area contributed by atoms with Gasteiger partial charge in [-0.25, -0.2) is 9.78 Å². The number of thioether (sulfide) groups is 1. The molecule has 0 radical (unpaired) electrons. The Morgan fingerprint density at radius 3 is 3.00 bits per heavy atom. The number of hydrogen-bond donors (Lipinski definition) is 1. The topological polar surface area (TPSA) is 94.2 Å². The maximum absolute atomic E-state index is 12.5. The number of amides is 1. The van der Waals surface area contributed by atoms with E-state index in [-0.39, 0.29) is 23.7 Å². The van der Waals surface area contributed by atoms with Gasteiger partial charge in [0.15, 0.2) is 5.16 Å². The number of nitrogens with one attached hydrogen (secondary N) is 1. The van der Waals surface area contributed by atoms with E-state index in [9.17, 15) is 14.4 Å². The third-order valence-electron chi connectivity index (χ3n) is 3.99. The summed E-state index contributed by atoms with van der Waals surface area (Å²) in [6.07, 6.45) is 1.46. The molecule has 0 spiro atoms. The van der Waals surface area contributed by atoms with Gasteiger partial charge in [-0.1, -0.05) is 30.0 Å². The Morgan fingerprint density at radius 2 is 2.12 bits per heavy atom. The van der Waals surface area contributed by atoms with E-state index in [2.05, 4.69) is 10.3 Å². The molecule has 0 fully saturated rings. The van der Waals surface area contributed by atoms with Crippen LogP contribution < -0.4 is 16.5 Å². The minimum absolute atomic E-state index is 0.0954. The lowest BCUT2D eigenvalue weighted by Gasteiger charge is -2.23. The maximum atomic E-state index is 12.5. The van der Waals surface area contributed by atoms with Crippen LogP contribution >= 0.6 is 11.8 Å². The zero-order chi connectivity index (χ0) is 17.4. The van der Waals surface area contributed by atoms with Crippen molar-refractivity contribution in [2.24, 2.45) is 5.92 Å².